The molecule has 0 radical (unpaired) electrons. The average Bonchev–Trinajstić information content (AvgIpc) is 2.75. The molecule has 3 rings (SSSR count). The minimum Gasteiger partial charge on any atom is -0.311 e. The molecule has 1 spiro atoms. The summed E-state index contributed by atoms with van der Waals surface area (Å²) in [4.78, 5) is 3.00. The Morgan fingerprint density at radius 3 is 2.32 bits per heavy atom. The molecule has 0 aromatic heterocycles. The lowest BCUT2D eigenvalue weighted by molar-refractivity contribution is -0.00109. The number of piperazine rings is 1. The second-order valence-electron chi connectivity index (χ2n) is 7.22. The van der Waals surface area contributed by atoms with E-state index in [2.05, 4.69) is 17.1 Å². The van der Waals surface area contributed by atoms with Crippen molar-refractivity contribution in [2.75, 3.05) is 13.1 Å². The quantitative estimate of drug-likeness (QED) is 0.765. The van der Waals surface area contributed by atoms with Crippen LogP contribution in [-0.2, 0) is 0 Å². The first-order valence-electron chi connectivity index (χ1n) is 8.84. The van der Waals surface area contributed by atoms with Gasteiger partial charge in [0, 0.05) is 30.7 Å². The molecule has 1 unspecified atom stereocenters. The van der Waals surface area contributed by atoms with Crippen LogP contribution >= 0.6 is 0 Å². The van der Waals surface area contributed by atoms with E-state index in [1.807, 2.05) is 0 Å². The van der Waals surface area contributed by atoms with Crippen LogP contribution in [-0.4, -0.2) is 35.6 Å². The molecule has 2 nitrogen and oxygen atoms in total. The van der Waals surface area contributed by atoms with Crippen LogP contribution in [0, 0.1) is 0 Å². The summed E-state index contributed by atoms with van der Waals surface area (Å²) < 4.78 is 0. The van der Waals surface area contributed by atoms with Crippen molar-refractivity contribution in [2.24, 2.45) is 0 Å². The monoisotopic (exact) mass is 264 g/mol. The molecule has 1 N–H and O–H groups in total. The zero-order valence-corrected chi connectivity index (χ0v) is 12.8. The van der Waals surface area contributed by atoms with E-state index in [-0.39, 0.29) is 0 Å². The predicted octanol–water partition coefficient (Wildman–Crippen LogP) is 3.71. The van der Waals surface area contributed by atoms with Gasteiger partial charge in [-0.25, -0.2) is 0 Å². The van der Waals surface area contributed by atoms with Gasteiger partial charge in [-0.05, 0) is 32.1 Å². The summed E-state index contributed by atoms with van der Waals surface area (Å²) in [6.45, 7) is 4.93. The maximum absolute atomic E-state index is 3.84. The van der Waals surface area contributed by atoms with Crippen molar-refractivity contribution >= 4 is 0 Å². The van der Waals surface area contributed by atoms with Crippen molar-refractivity contribution in [1.29, 1.82) is 0 Å². The van der Waals surface area contributed by atoms with E-state index in [4.69, 9.17) is 0 Å². The van der Waals surface area contributed by atoms with Crippen molar-refractivity contribution in [3.8, 4) is 0 Å². The van der Waals surface area contributed by atoms with Crippen molar-refractivity contribution in [1.82, 2.24) is 10.2 Å². The van der Waals surface area contributed by atoms with E-state index >= 15 is 0 Å². The van der Waals surface area contributed by atoms with Crippen LogP contribution in [0.2, 0.25) is 0 Å². The summed E-state index contributed by atoms with van der Waals surface area (Å²) in [6, 6.07) is 1.64. The highest BCUT2D eigenvalue weighted by Gasteiger charge is 2.45. The zero-order chi connectivity index (χ0) is 13.1. The summed E-state index contributed by atoms with van der Waals surface area (Å²) in [7, 11) is 0. The Kier molecular flexibility index (Phi) is 4.48. The van der Waals surface area contributed by atoms with Crippen LogP contribution in [0.15, 0.2) is 0 Å². The maximum atomic E-state index is 3.84. The maximum Gasteiger partial charge on any atom is 0.0337 e. The highest BCUT2D eigenvalue weighted by molar-refractivity contribution is 5.03. The lowest BCUT2D eigenvalue weighted by atomic mass is 9.87. The van der Waals surface area contributed by atoms with E-state index in [9.17, 15) is 0 Å². The van der Waals surface area contributed by atoms with Gasteiger partial charge in [0.15, 0.2) is 0 Å². The molecule has 0 aromatic rings. The Morgan fingerprint density at radius 1 is 1.00 bits per heavy atom. The van der Waals surface area contributed by atoms with Gasteiger partial charge in [0.1, 0.15) is 0 Å². The molecule has 2 aliphatic carbocycles. The molecule has 2 saturated carbocycles. The second-order valence-corrected chi connectivity index (χ2v) is 7.22. The van der Waals surface area contributed by atoms with Crippen molar-refractivity contribution < 1.29 is 0 Å². The largest absolute Gasteiger partial charge is 0.311 e. The third-order valence-corrected chi connectivity index (χ3v) is 6.04. The van der Waals surface area contributed by atoms with Crippen LogP contribution in [0.25, 0.3) is 0 Å². The highest BCUT2D eigenvalue weighted by atomic mass is 15.3. The molecule has 110 valence electrons. The van der Waals surface area contributed by atoms with Crippen molar-refractivity contribution in [3.05, 3.63) is 0 Å². The Balaban J connectivity index is 1.75. The molecule has 2 heteroatoms. The van der Waals surface area contributed by atoms with Gasteiger partial charge < -0.3 is 5.32 Å². The minimum atomic E-state index is 0.542. The lowest BCUT2D eigenvalue weighted by Crippen LogP contribution is -2.66. The first kappa shape index (κ1) is 13.9. The average molecular weight is 264 g/mol. The number of hydrogen-bond acceptors (Lipinski definition) is 2. The second kappa shape index (κ2) is 6.13. The fourth-order valence-corrected chi connectivity index (χ4v) is 4.81. The SMILES string of the molecule is CCC1CN(C2CCCCCC2)C2(CCCC2)CN1. The summed E-state index contributed by atoms with van der Waals surface area (Å²) in [6.07, 6.45) is 16.0. The Hall–Kier alpha value is -0.0800. The molecule has 0 amide bonds. The fourth-order valence-electron chi connectivity index (χ4n) is 4.81. The third-order valence-electron chi connectivity index (χ3n) is 6.04. The molecule has 19 heavy (non-hydrogen) atoms. The summed E-state index contributed by atoms with van der Waals surface area (Å²) in [5, 5.41) is 3.84. The van der Waals surface area contributed by atoms with Gasteiger partial charge in [0.2, 0.25) is 0 Å². The first-order chi connectivity index (χ1) is 9.34. The highest BCUT2D eigenvalue weighted by Crippen LogP contribution is 2.40. The zero-order valence-electron chi connectivity index (χ0n) is 12.8. The molecule has 1 aliphatic heterocycles. The topological polar surface area (TPSA) is 15.3 Å². The summed E-state index contributed by atoms with van der Waals surface area (Å²) in [5.41, 5.74) is 0.542. The van der Waals surface area contributed by atoms with Gasteiger partial charge in [0.05, 0.1) is 0 Å². The Morgan fingerprint density at radius 2 is 1.68 bits per heavy atom. The number of nitrogens with one attached hydrogen (secondary N) is 1. The van der Waals surface area contributed by atoms with E-state index in [0.717, 1.165) is 12.1 Å². The fraction of sp³-hybridized carbons (Fsp3) is 1.00. The summed E-state index contributed by atoms with van der Waals surface area (Å²) in [5.74, 6) is 0. The molecule has 3 aliphatic rings. The molecule has 0 aromatic carbocycles. The van der Waals surface area contributed by atoms with E-state index in [1.165, 1.54) is 83.7 Å². The molecule has 0 bridgehead atoms. The van der Waals surface area contributed by atoms with Gasteiger partial charge >= 0.3 is 0 Å². The Bertz CT molecular complexity index is 275. The third kappa shape index (κ3) is 2.85. The molecule has 1 atom stereocenters. The van der Waals surface area contributed by atoms with E-state index in [0.29, 0.717) is 5.54 Å². The van der Waals surface area contributed by atoms with Gasteiger partial charge in [-0.2, -0.15) is 0 Å². The van der Waals surface area contributed by atoms with Crippen LogP contribution in [0.5, 0.6) is 0 Å². The van der Waals surface area contributed by atoms with Gasteiger partial charge in [-0.15, -0.1) is 0 Å². The molecule has 1 saturated heterocycles. The minimum absolute atomic E-state index is 0.542. The van der Waals surface area contributed by atoms with Gasteiger partial charge in [-0.1, -0.05) is 45.4 Å². The van der Waals surface area contributed by atoms with Crippen molar-refractivity contribution in [2.45, 2.75) is 95.2 Å². The molecule has 3 fully saturated rings. The lowest BCUT2D eigenvalue weighted by Gasteiger charge is -2.52. The smallest absolute Gasteiger partial charge is 0.0337 e. The molecular formula is C17H32N2. The molecular weight excluding hydrogens is 232 g/mol. The Labute approximate surface area is 119 Å². The van der Waals surface area contributed by atoms with Crippen LogP contribution in [0.3, 0.4) is 0 Å². The normalized spacial score (nSPS) is 33.6. The predicted molar refractivity (Wildman–Crippen MR) is 81.5 cm³/mol. The van der Waals surface area contributed by atoms with Crippen LogP contribution in [0.4, 0.5) is 0 Å². The number of nitrogens with zero attached hydrogens (tertiary/aromatic N) is 1. The van der Waals surface area contributed by atoms with Gasteiger partial charge in [0.25, 0.3) is 0 Å². The number of rotatable bonds is 2. The van der Waals surface area contributed by atoms with Crippen LogP contribution in [0.1, 0.15) is 77.6 Å². The molecule has 1 heterocycles. The van der Waals surface area contributed by atoms with Crippen LogP contribution < -0.4 is 5.32 Å². The van der Waals surface area contributed by atoms with E-state index < -0.39 is 0 Å². The first-order valence-corrected chi connectivity index (χ1v) is 8.84. The van der Waals surface area contributed by atoms with Crippen molar-refractivity contribution in [3.63, 3.8) is 0 Å². The standard InChI is InChI=1S/C17H32N2/c1-2-15-13-19(16-9-5-3-4-6-10-16)17(14-18-15)11-7-8-12-17/h15-16,18H,2-14H2,1H3. The van der Waals surface area contributed by atoms with E-state index in [1.54, 1.807) is 0 Å². The summed E-state index contributed by atoms with van der Waals surface area (Å²) >= 11 is 0. The number of hydrogen-bond donors (Lipinski definition) is 1. The van der Waals surface area contributed by atoms with Gasteiger partial charge in [-0.3, -0.25) is 4.90 Å².